The smallest absolute Gasteiger partial charge is 0.269 e. The third kappa shape index (κ3) is 5.27. The second kappa shape index (κ2) is 8.81. The largest absolute Gasteiger partial charge is 0.457 e. The van der Waals surface area contributed by atoms with Crippen molar-refractivity contribution < 1.29 is 24.1 Å². The highest BCUT2D eigenvalue weighted by Crippen LogP contribution is 2.31. The van der Waals surface area contributed by atoms with Gasteiger partial charge in [-0.05, 0) is 42.0 Å². The summed E-state index contributed by atoms with van der Waals surface area (Å²) >= 11 is 0. The highest BCUT2D eigenvalue weighted by atomic mass is 16.6. The number of benzene rings is 3. The van der Waals surface area contributed by atoms with Gasteiger partial charge in [-0.3, -0.25) is 20.2 Å². The first-order chi connectivity index (χ1) is 13.9. The number of hydrogen-bond donors (Lipinski definition) is 0. The van der Waals surface area contributed by atoms with Crippen molar-refractivity contribution in [2.45, 2.75) is 6.61 Å². The summed E-state index contributed by atoms with van der Waals surface area (Å²) in [4.78, 5) is 20.5. The van der Waals surface area contributed by atoms with Crippen LogP contribution in [0.25, 0.3) is 0 Å². The lowest BCUT2D eigenvalue weighted by molar-refractivity contribution is -0.385. The number of nitro groups is 2. The molecule has 0 radical (unpaired) electrons. The summed E-state index contributed by atoms with van der Waals surface area (Å²) in [7, 11) is 1.56. The van der Waals surface area contributed by atoms with Gasteiger partial charge in [-0.1, -0.05) is 0 Å². The highest BCUT2D eigenvalue weighted by Gasteiger charge is 2.10. The van der Waals surface area contributed by atoms with E-state index in [9.17, 15) is 20.2 Å². The Kier molecular flexibility index (Phi) is 6.00. The van der Waals surface area contributed by atoms with Crippen molar-refractivity contribution in [3.63, 3.8) is 0 Å². The molecule has 29 heavy (non-hydrogen) atoms. The Balaban J connectivity index is 1.83. The molecule has 0 heterocycles. The third-order valence-corrected chi connectivity index (χ3v) is 3.82. The minimum atomic E-state index is -0.487. The number of nitrogens with zero attached hydrogens (tertiary/aromatic N) is 2. The molecule has 148 valence electrons. The Hall–Kier alpha value is -3.98. The first-order valence-corrected chi connectivity index (χ1v) is 8.42. The number of ether oxygens (including phenoxy) is 3. The van der Waals surface area contributed by atoms with Gasteiger partial charge in [0.25, 0.3) is 11.4 Å². The lowest BCUT2D eigenvalue weighted by atomic mass is 10.2. The lowest BCUT2D eigenvalue weighted by Crippen LogP contribution is -1.94. The van der Waals surface area contributed by atoms with E-state index in [1.165, 1.54) is 48.5 Å². The van der Waals surface area contributed by atoms with Crippen molar-refractivity contribution in [3.8, 4) is 23.0 Å². The predicted octanol–water partition coefficient (Wildman–Crippen LogP) is 5.23. The van der Waals surface area contributed by atoms with Crippen LogP contribution in [0.2, 0.25) is 0 Å². The molecule has 0 atom stereocenters. The molecule has 0 saturated carbocycles. The van der Waals surface area contributed by atoms with E-state index in [4.69, 9.17) is 14.2 Å². The Labute approximate surface area is 165 Å². The first kappa shape index (κ1) is 19.8. The molecule has 3 aromatic rings. The van der Waals surface area contributed by atoms with E-state index < -0.39 is 9.85 Å². The van der Waals surface area contributed by atoms with Crippen LogP contribution in [-0.4, -0.2) is 17.0 Å². The van der Waals surface area contributed by atoms with E-state index in [2.05, 4.69) is 0 Å². The number of non-ortho nitro benzene ring substituents is 2. The zero-order valence-corrected chi connectivity index (χ0v) is 15.3. The lowest BCUT2D eigenvalue weighted by Gasteiger charge is -2.12. The van der Waals surface area contributed by atoms with Crippen molar-refractivity contribution in [1.29, 1.82) is 0 Å². The van der Waals surface area contributed by atoms with Gasteiger partial charge in [0.15, 0.2) is 0 Å². The van der Waals surface area contributed by atoms with Gasteiger partial charge in [-0.2, -0.15) is 0 Å². The zero-order valence-electron chi connectivity index (χ0n) is 15.3. The number of nitro benzene ring substituents is 2. The summed E-state index contributed by atoms with van der Waals surface area (Å²) in [6, 6.07) is 16.5. The summed E-state index contributed by atoms with van der Waals surface area (Å²) in [5, 5.41) is 21.5. The highest BCUT2D eigenvalue weighted by molar-refractivity contribution is 5.45. The molecule has 0 fully saturated rings. The van der Waals surface area contributed by atoms with Crippen molar-refractivity contribution in [1.82, 2.24) is 0 Å². The SMILES string of the molecule is COCc1cc(Oc2ccc([N+](=O)[O-])cc2)cc(Oc2ccc([N+](=O)[O-])cc2)c1. The molecule has 0 saturated heterocycles. The molecule has 0 aliphatic rings. The van der Waals surface area contributed by atoms with Crippen LogP contribution >= 0.6 is 0 Å². The van der Waals surface area contributed by atoms with Gasteiger partial charge in [0, 0.05) is 37.4 Å². The van der Waals surface area contributed by atoms with Crippen LogP contribution in [0.1, 0.15) is 5.56 Å². The minimum Gasteiger partial charge on any atom is -0.457 e. The topological polar surface area (TPSA) is 114 Å². The van der Waals surface area contributed by atoms with Gasteiger partial charge in [0.05, 0.1) is 16.5 Å². The zero-order chi connectivity index (χ0) is 20.8. The van der Waals surface area contributed by atoms with Crippen molar-refractivity contribution >= 4 is 11.4 Å². The molecule has 9 heteroatoms. The van der Waals surface area contributed by atoms with Crippen LogP contribution in [0.5, 0.6) is 23.0 Å². The summed E-state index contributed by atoms with van der Waals surface area (Å²) < 4.78 is 16.7. The molecule has 0 spiro atoms. The first-order valence-electron chi connectivity index (χ1n) is 8.42. The van der Waals surface area contributed by atoms with Gasteiger partial charge in [0.1, 0.15) is 23.0 Å². The Bertz CT molecular complexity index is 940. The molecule has 0 bridgehead atoms. The molecule has 3 rings (SSSR count). The number of rotatable bonds is 8. The van der Waals surface area contributed by atoms with Gasteiger partial charge < -0.3 is 14.2 Å². The Morgan fingerprint density at radius 3 is 1.45 bits per heavy atom. The number of methoxy groups -OCH3 is 1. The summed E-state index contributed by atoms with van der Waals surface area (Å²) in [6.07, 6.45) is 0. The maximum Gasteiger partial charge on any atom is 0.269 e. The fraction of sp³-hybridized carbons (Fsp3) is 0.100. The monoisotopic (exact) mass is 396 g/mol. The summed E-state index contributed by atoms with van der Waals surface area (Å²) in [5.41, 5.74) is 0.712. The molecular weight excluding hydrogens is 380 g/mol. The van der Waals surface area contributed by atoms with Crippen LogP contribution in [0.15, 0.2) is 66.7 Å². The molecule has 3 aromatic carbocycles. The van der Waals surface area contributed by atoms with E-state index in [1.807, 2.05) is 0 Å². The van der Waals surface area contributed by atoms with Gasteiger partial charge in [-0.25, -0.2) is 0 Å². The maximum atomic E-state index is 10.8. The van der Waals surface area contributed by atoms with E-state index in [0.717, 1.165) is 5.56 Å². The molecule has 0 aromatic heterocycles. The molecule has 0 aliphatic heterocycles. The van der Waals surface area contributed by atoms with E-state index in [-0.39, 0.29) is 11.4 Å². The molecule has 0 unspecified atom stereocenters. The molecule has 0 aliphatic carbocycles. The van der Waals surface area contributed by atoms with Gasteiger partial charge in [0.2, 0.25) is 0 Å². The van der Waals surface area contributed by atoms with E-state index >= 15 is 0 Å². The molecule has 9 nitrogen and oxygen atoms in total. The van der Waals surface area contributed by atoms with Crippen LogP contribution in [0.3, 0.4) is 0 Å². The van der Waals surface area contributed by atoms with Gasteiger partial charge >= 0.3 is 0 Å². The average Bonchev–Trinajstić information content (AvgIpc) is 2.69. The molecule has 0 amide bonds. The molecular formula is C20H16N2O7. The number of hydrogen-bond acceptors (Lipinski definition) is 7. The van der Waals surface area contributed by atoms with Crippen LogP contribution in [-0.2, 0) is 11.3 Å². The maximum absolute atomic E-state index is 10.8. The fourth-order valence-corrected chi connectivity index (χ4v) is 2.54. The van der Waals surface area contributed by atoms with Gasteiger partial charge in [-0.15, -0.1) is 0 Å². The minimum absolute atomic E-state index is 0.0346. The van der Waals surface area contributed by atoms with E-state index in [0.29, 0.717) is 29.6 Å². The Morgan fingerprint density at radius 2 is 1.10 bits per heavy atom. The standard InChI is InChI=1S/C20H16N2O7/c1-27-13-14-10-19(28-17-6-2-15(3-7-17)21(23)24)12-20(11-14)29-18-8-4-16(5-9-18)22(25)26/h2-12H,13H2,1H3. The quantitative estimate of drug-likeness (QED) is 0.378. The Morgan fingerprint density at radius 1 is 0.690 bits per heavy atom. The predicted molar refractivity (Wildman–Crippen MR) is 103 cm³/mol. The summed E-state index contributed by atoms with van der Waals surface area (Å²) in [6.45, 7) is 0.314. The average molecular weight is 396 g/mol. The third-order valence-electron chi connectivity index (χ3n) is 3.82. The van der Waals surface area contributed by atoms with Crippen molar-refractivity contribution in [2.24, 2.45) is 0 Å². The fourth-order valence-electron chi connectivity index (χ4n) is 2.54. The van der Waals surface area contributed by atoms with Crippen LogP contribution < -0.4 is 9.47 Å². The van der Waals surface area contributed by atoms with Crippen LogP contribution in [0.4, 0.5) is 11.4 Å². The molecule has 0 N–H and O–H groups in total. The second-order valence-corrected chi connectivity index (χ2v) is 5.95. The van der Waals surface area contributed by atoms with Crippen molar-refractivity contribution in [2.75, 3.05) is 7.11 Å². The second-order valence-electron chi connectivity index (χ2n) is 5.95. The summed E-state index contributed by atoms with van der Waals surface area (Å²) in [5.74, 6) is 1.74. The van der Waals surface area contributed by atoms with E-state index in [1.54, 1.807) is 25.3 Å². The van der Waals surface area contributed by atoms with Crippen molar-refractivity contribution in [3.05, 3.63) is 92.5 Å². The normalized spacial score (nSPS) is 10.4. The van der Waals surface area contributed by atoms with Crippen LogP contribution in [0, 0.1) is 20.2 Å².